The maximum Gasteiger partial charge on any atom is 0.309 e. The summed E-state index contributed by atoms with van der Waals surface area (Å²) in [6.45, 7) is 6.35. The zero-order chi connectivity index (χ0) is 12.0. The smallest absolute Gasteiger partial charge is 0.309 e. The van der Waals surface area contributed by atoms with Crippen LogP contribution in [0.2, 0.25) is 0 Å². The van der Waals surface area contributed by atoms with Gasteiger partial charge in [0.2, 0.25) is 0 Å². The lowest BCUT2D eigenvalue weighted by Gasteiger charge is -2.14. The summed E-state index contributed by atoms with van der Waals surface area (Å²) in [5, 5.41) is 0. The molecule has 2 heteroatoms. The van der Waals surface area contributed by atoms with Gasteiger partial charge in [0.15, 0.2) is 0 Å². The molecule has 0 spiro atoms. The molecule has 16 heavy (non-hydrogen) atoms. The highest BCUT2D eigenvalue weighted by atomic mass is 16.6. The average molecular weight is 226 g/mol. The molecule has 1 aliphatic rings. The number of unbranched alkanes of at least 4 members (excludes halogenated alkanes) is 5. The molecule has 0 aliphatic carbocycles. The van der Waals surface area contributed by atoms with Crippen LogP contribution < -0.4 is 0 Å². The highest BCUT2D eigenvalue weighted by Crippen LogP contribution is 2.30. The van der Waals surface area contributed by atoms with Gasteiger partial charge in [0.1, 0.15) is 6.10 Å². The lowest BCUT2D eigenvalue weighted by atomic mass is 9.91. The van der Waals surface area contributed by atoms with Crippen molar-refractivity contribution >= 4 is 5.97 Å². The molecule has 94 valence electrons. The van der Waals surface area contributed by atoms with E-state index in [1.165, 1.54) is 38.5 Å². The van der Waals surface area contributed by atoms with Crippen molar-refractivity contribution in [1.29, 1.82) is 0 Å². The minimum absolute atomic E-state index is 0.00322. The number of hydrogen-bond donors (Lipinski definition) is 0. The molecular weight excluding hydrogens is 200 g/mol. The molecule has 1 fully saturated rings. The van der Waals surface area contributed by atoms with Crippen molar-refractivity contribution in [2.75, 3.05) is 0 Å². The Morgan fingerprint density at radius 2 is 1.69 bits per heavy atom. The molecule has 1 rings (SSSR count). The van der Waals surface area contributed by atoms with Gasteiger partial charge in [-0.25, -0.2) is 0 Å². The van der Waals surface area contributed by atoms with Gasteiger partial charge >= 0.3 is 5.97 Å². The van der Waals surface area contributed by atoms with Crippen molar-refractivity contribution in [2.45, 2.75) is 71.8 Å². The van der Waals surface area contributed by atoms with E-state index in [0.717, 1.165) is 6.42 Å². The van der Waals surface area contributed by atoms with E-state index in [9.17, 15) is 4.79 Å². The van der Waals surface area contributed by atoms with Crippen LogP contribution in [0.4, 0.5) is 0 Å². The summed E-state index contributed by atoms with van der Waals surface area (Å²) in [4.78, 5) is 11.3. The van der Waals surface area contributed by atoms with Crippen LogP contribution in [0.5, 0.6) is 0 Å². The molecule has 0 aromatic heterocycles. The minimum atomic E-state index is 0.00322. The Balaban J connectivity index is 2.07. The third-order valence-electron chi connectivity index (χ3n) is 3.86. The molecule has 0 bridgehead atoms. The van der Waals surface area contributed by atoms with Gasteiger partial charge in [0.25, 0.3) is 0 Å². The van der Waals surface area contributed by atoms with Crippen LogP contribution in [0.25, 0.3) is 0 Å². The second kappa shape index (κ2) is 6.93. The van der Waals surface area contributed by atoms with Crippen molar-refractivity contribution in [2.24, 2.45) is 11.8 Å². The Kier molecular flexibility index (Phi) is 5.86. The highest BCUT2D eigenvalue weighted by Gasteiger charge is 2.37. The van der Waals surface area contributed by atoms with E-state index in [4.69, 9.17) is 4.74 Å². The van der Waals surface area contributed by atoms with Crippen molar-refractivity contribution in [3.8, 4) is 0 Å². The fourth-order valence-electron chi connectivity index (χ4n) is 2.35. The molecule has 3 atom stereocenters. The third kappa shape index (κ3) is 3.80. The first-order valence-corrected chi connectivity index (χ1v) is 6.87. The van der Waals surface area contributed by atoms with Crippen LogP contribution in [-0.2, 0) is 9.53 Å². The van der Waals surface area contributed by atoms with Crippen molar-refractivity contribution in [3.63, 3.8) is 0 Å². The first-order chi connectivity index (χ1) is 7.66. The van der Waals surface area contributed by atoms with Crippen LogP contribution in [0.1, 0.15) is 65.7 Å². The number of ether oxygens (including phenoxy) is 1. The van der Waals surface area contributed by atoms with E-state index in [2.05, 4.69) is 13.8 Å². The highest BCUT2D eigenvalue weighted by molar-refractivity contribution is 5.74. The summed E-state index contributed by atoms with van der Waals surface area (Å²) in [6.07, 6.45) is 9.08. The summed E-state index contributed by atoms with van der Waals surface area (Å²) in [6, 6.07) is 0. The topological polar surface area (TPSA) is 26.3 Å². The van der Waals surface area contributed by atoms with Gasteiger partial charge in [-0.05, 0) is 12.8 Å². The number of esters is 1. The predicted molar refractivity (Wildman–Crippen MR) is 66.2 cm³/mol. The fraction of sp³-hybridized carbons (Fsp3) is 0.929. The first kappa shape index (κ1) is 13.5. The van der Waals surface area contributed by atoms with Gasteiger partial charge in [-0.15, -0.1) is 0 Å². The van der Waals surface area contributed by atoms with Gasteiger partial charge in [-0.3, -0.25) is 4.79 Å². The maximum atomic E-state index is 11.3. The normalized spacial score (nSPS) is 29.4. The summed E-state index contributed by atoms with van der Waals surface area (Å²) in [5.74, 6) is 0.511. The Morgan fingerprint density at radius 3 is 2.25 bits per heavy atom. The number of carbonyl (C=O) groups is 1. The maximum absolute atomic E-state index is 11.3. The van der Waals surface area contributed by atoms with Crippen LogP contribution in [0, 0.1) is 11.8 Å². The molecule has 1 saturated heterocycles. The van der Waals surface area contributed by atoms with E-state index in [1.807, 2.05) is 6.92 Å². The van der Waals surface area contributed by atoms with Crippen molar-refractivity contribution < 1.29 is 9.53 Å². The lowest BCUT2D eigenvalue weighted by Crippen LogP contribution is -2.15. The number of hydrogen-bond acceptors (Lipinski definition) is 2. The zero-order valence-corrected chi connectivity index (χ0v) is 11.0. The molecule has 0 aromatic carbocycles. The second-order valence-corrected chi connectivity index (χ2v) is 5.18. The third-order valence-corrected chi connectivity index (χ3v) is 3.86. The molecule has 2 nitrogen and oxygen atoms in total. The lowest BCUT2D eigenvalue weighted by molar-refractivity contribution is -0.144. The van der Waals surface area contributed by atoms with Crippen LogP contribution in [-0.4, -0.2) is 12.1 Å². The Hall–Kier alpha value is -0.530. The van der Waals surface area contributed by atoms with E-state index in [1.54, 1.807) is 0 Å². The Labute approximate surface area is 99.8 Å². The van der Waals surface area contributed by atoms with Crippen molar-refractivity contribution in [1.82, 2.24) is 0 Å². The molecule has 0 radical (unpaired) electrons. The molecule has 1 heterocycles. The molecule has 1 aliphatic heterocycles. The first-order valence-electron chi connectivity index (χ1n) is 6.87. The summed E-state index contributed by atoms with van der Waals surface area (Å²) < 4.78 is 5.37. The molecule has 0 aromatic rings. The monoisotopic (exact) mass is 226 g/mol. The second-order valence-electron chi connectivity index (χ2n) is 5.18. The van der Waals surface area contributed by atoms with Gasteiger partial charge in [0.05, 0.1) is 5.92 Å². The van der Waals surface area contributed by atoms with Crippen LogP contribution >= 0.6 is 0 Å². The Morgan fingerprint density at radius 1 is 1.06 bits per heavy atom. The molecule has 0 amide bonds. The average Bonchev–Trinajstić information content (AvgIpc) is 2.51. The number of cyclic esters (lactones) is 1. The van der Waals surface area contributed by atoms with E-state index < -0.39 is 0 Å². The quantitative estimate of drug-likeness (QED) is 0.485. The van der Waals surface area contributed by atoms with Crippen molar-refractivity contribution in [3.05, 3.63) is 0 Å². The van der Waals surface area contributed by atoms with Gasteiger partial charge < -0.3 is 4.74 Å². The standard InChI is InChI=1S/C14H26O2/c1-4-5-6-7-8-9-10-13-11(2)12(3)14(15)16-13/h11-13H,4-10H2,1-3H3. The summed E-state index contributed by atoms with van der Waals surface area (Å²) in [7, 11) is 0. The predicted octanol–water partition coefficient (Wildman–Crippen LogP) is 3.93. The zero-order valence-electron chi connectivity index (χ0n) is 11.0. The van der Waals surface area contributed by atoms with E-state index >= 15 is 0 Å². The summed E-state index contributed by atoms with van der Waals surface area (Å²) in [5.41, 5.74) is 0. The molecule has 0 saturated carbocycles. The number of rotatable bonds is 7. The fourth-order valence-corrected chi connectivity index (χ4v) is 2.35. The number of carbonyl (C=O) groups excluding carboxylic acids is 1. The van der Waals surface area contributed by atoms with Gasteiger partial charge in [0, 0.05) is 5.92 Å². The molecular formula is C14H26O2. The van der Waals surface area contributed by atoms with E-state index in [0.29, 0.717) is 5.92 Å². The molecule has 0 N–H and O–H groups in total. The Bertz CT molecular complexity index is 213. The SMILES string of the molecule is CCCCCCCCC1OC(=O)C(C)C1C. The van der Waals surface area contributed by atoms with E-state index in [-0.39, 0.29) is 18.0 Å². The minimum Gasteiger partial charge on any atom is -0.462 e. The largest absolute Gasteiger partial charge is 0.462 e. The molecule has 3 unspecified atom stereocenters. The van der Waals surface area contributed by atoms with Crippen LogP contribution in [0.15, 0.2) is 0 Å². The summed E-state index contributed by atoms with van der Waals surface area (Å²) >= 11 is 0. The van der Waals surface area contributed by atoms with Gasteiger partial charge in [-0.1, -0.05) is 52.9 Å². The van der Waals surface area contributed by atoms with Crippen LogP contribution in [0.3, 0.4) is 0 Å². The van der Waals surface area contributed by atoms with Gasteiger partial charge in [-0.2, -0.15) is 0 Å².